The van der Waals surface area contributed by atoms with Gasteiger partial charge in [-0.3, -0.25) is 0 Å². The highest BCUT2D eigenvalue weighted by molar-refractivity contribution is 5.46. The maximum atomic E-state index is 3.96. The normalized spacial score (nSPS) is 12.3. The molecule has 0 radical (unpaired) electrons. The first-order valence-electron chi connectivity index (χ1n) is 5.00. The van der Waals surface area contributed by atoms with Crippen LogP contribution >= 0.6 is 0 Å². The Morgan fingerprint density at radius 3 is 2.00 bits per heavy atom. The summed E-state index contributed by atoms with van der Waals surface area (Å²) in [6, 6.07) is 0. The monoisotopic (exact) mass is 200 g/mol. The third kappa shape index (κ3) is 5.69. The maximum Gasteiger partial charge on any atom is -0.0259 e. The zero-order valence-electron chi connectivity index (χ0n) is 10.0. The minimum atomic E-state index is 0.925. The van der Waals surface area contributed by atoms with Crippen molar-refractivity contribution in [2.24, 2.45) is 0 Å². The van der Waals surface area contributed by atoms with Gasteiger partial charge in [0, 0.05) is 0 Å². The Bertz CT molecular complexity index is 346. The molecule has 0 amide bonds. The van der Waals surface area contributed by atoms with Gasteiger partial charge in [-0.1, -0.05) is 55.7 Å². The van der Waals surface area contributed by atoms with Crippen LogP contribution in [-0.2, 0) is 0 Å². The fraction of sp³-hybridized carbons (Fsp3) is 0.200. The van der Waals surface area contributed by atoms with Crippen molar-refractivity contribution in [2.75, 3.05) is 0 Å². The van der Waals surface area contributed by atoms with Crippen molar-refractivity contribution in [3.8, 4) is 0 Å². The van der Waals surface area contributed by atoms with Crippen LogP contribution in [0.25, 0.3) is 0 Å². The molecule has 0 saturated carbocycles. The Morgan fingerprint density at radius 2 is 1.53 bits per heavy atom. The van der Waals surface area contributed by atoms with E-state index >= 15 is 0 Å². The summed E-state index contributed by atoms with van der Waals surface area (Å²) in [5.41, 5.74) is 4.05. The van der Waals surface area contributed by atoms with Crippen molar-refractivity contribution >= 4 is 0 Å². The number of hydrogen-bond donors (Lipinski definition) is 0. The molecule has 0 heterocycles. The summed E-state index contributed by atoms with van der Waals surface area (Å²) in [7, 11) is 0. The van der Waals surface area contributed by atoms with Gasteiger partial charge in [0.25, 0.3) is 0 Å². The van der Waals surface area contributed by atoms with E-state index in [1.54, 1.807) is 0 Å². The lowest BCUT2D eigenvalue weighted by Gasteiger charge is -2.02. The van der Waals surface area contributed by atoms with Crippen LogP contribution in [0.5, 0.6) is 0 Å². The molecule has 0 aliphatic heterocycles. The van der Waals surface area contributed by atoms with E-state index in [9.17, 15) is 0 Å². The predicted octanol–water partition coefficient (Wildman–Crippen LogP) is 4.75. The van der Waals surface area contributed by atoms with E-state index < -0.39 is 0 Å². The van der Waals surface area contributed by atoms with Crippen LogP contribution in [0.4, 0.5) is 0 Å². The molecule has 0 bridgehead atoms. The molecular weight excluding hydrogens is 180 g/mol. The topological polar surface area (TPSA) is 0 Å². The molecule has 0 heteroatoms. The summed E-state index contributed by atoms with van der Waals surface area (Å²) < 4.78 is 0. The molecule has 15 heavy (non-hydrogen) atoms. The van der Waals surface area contributed by atoms with Crippen LogP contribution < -0.4 is 0 Å². The second-order valence-corrected chi connectivity index (χ2v) is 3.54. The molecule has 80 valence electrons. The number of hydrogen-bond acceptors (Lipinski definition) is 0. The number of allylic oxidation sites excluding steroid dienone is 9. The molecule has 0 nitrogen and oxygen atoms in total. The molecule has 0 aromatic heterocycles. The third-order valence-corrected chi connectivity index (χ3v) is 2.08. The van der Waals surface area contributed by atoms with Crippen molar-refractivity contribution in [3.63, 3.8) is 0 Å². The molecule has 0 aromatic carbocycles. The van der Waals surface area contributed by atoms with Crippen molar-refractivity contribution in [1.29, 1.82) is 0 Å². The standard InChI is InChI=1S/C15H20/c1-7-8-9-10-13(4)15(6)11-14(5)12(2)3/h7-11H,2,4,6H2,1,3,5H3/b8-7-,10-9-,14-11+. The highest BCUT2D eigenvalue weighted by atomic mass is 14.0. The average molecular weight is 200 g/mol. The first-order valence-corrected chi connectivity index (χ1v) is 5.00. The molecule has 0 atom stereocenters. The van der Waals surface area contributed by atoms with Gasteiger partial charge in [0.1, 0.15) is 0 Å². The lowest BCUT2D eigenvalue weighted by Crippen LogP contribution is -1.82. The van der Waals surface area contributed by atoms with E-state index in [0.29, 0.717) is 0 Å². The number of rotatable bonds is 5. The van der Waals surface area contributed by atoms with E-state index in [-0.39, 0.29) is 0 Å². The van der Waals surface area contributed by atoms with Crippen molar-refractivity contribution in [3.05, 3.63) is 72.4 Å². The summed E-state index contributed by atoms with van der Waals surface area (Å²) in [5.74, 6) is 0. The molecule has 0 fully saturated rings. The Balaban J connectivity index is 4.54. The first-order chi connectivity index (χ1) is 6.99. The lowest BCUT2D eigenvalue weighted by molar-refractivity contribution is 1.35. The molecule has 0 unspecified atom stereocenters. The molecule has 0 saturated heterocycles. The SMILES string of the molecule is C=C(/C=C\C=C/C)C(=C)/C=C(\C)C(=C)C. The van der Waals surface area contributed by atoms with Crippen LogP contribution in [0.3, 0.4) is 0 Å². The van der Waals surface area contributed by atoms with Gasteiger partial charge >= 0.3 is 0 Å². The molecule has 0 aromatic rings. The van der Waals surface area contributed by atoms with Gasteiger partial charge in [-0.25, -0.2) is 0 Å². The summed E-state index contributed by atoms with van der Waals surface area (Å²) >= 11 is 0. The smallest absolute Gasteiger partial charge is 0.0259 e. The molecule has 0 aliphatic carbocycles. The van der Waals surface area contributed by atoms with Gasteiger partial charge in [0.05, 0.1) is 0 Å². The van der Waals surface area contributed by atoms with Gasteiger partial charge in [-0.05, 0) is 37.5 Å². The van der Waals surface area contributed by atoms with Crippen LogP contribution in [0, 0.1) is 0 Å². The minimum Gasteiger partial charge on any atom is -0.0958 e. The predicted molar refractivity (Wildman–Crippen MR) is 70.8 cm³/mol. The molecule has 0 rings (SSSR count). The van der Waals surface area contributed by atoms with Gasteiger partial charge < -0.3 is 0 Å². The maximum absolute atomic E-state index is 3.96. The van der Waals surface area contributed by atoms with Crippen LogP contribution in [0.1, 0.15) is 20.8 Å². The molecular formula is C15H20. The summed E-state index contributed by atoms with van der Waals surface area (Å²) in [4.78, 5) is 0. The second-order valence-electron chi connectivity index (χ2n) is 3.54. The fourth-order valence-electron chi connectivity index (χ4n) is 0.867. The highest BCUT2D eigenvalue weighted by Gasteiger charge is 1.94. The van der Waals surface area contributed by atoms with E-state index in [4.69, 9.17) is 0 Å². The first kappa shape index (κ1) is 13.4. The summed E-state index contributed by atoms with van der Waals surface area (Å²) in [6.45, 7) is 17.8. The van der Waals surface area contributed by atoms with Crippen molar-refractivity contribution < 1.29 is 0 Å². The molecule has 0 spiro atoms. The van der Waals surface area contributed by atoms with E-state index in [0.717, 1.165) is 22.3 Å². The minimum absolute atomic E-state index is 0.925. The Kier molecular flexibility index (Phi) is 6.12. The summed E-state index contributed by atoms with van der Waals surface area (Å²) in [6.07, 6.45) is 9.85. The van der Waals surface area contributed by atoms with E-state index in [1.807, 2.05) is 51.2 Å². The zero-order chi connectivity index (χ0) is 11.8. The summed E-state index contributed by atoms with van der Waals surface area (Å²) in [5, 5.41) is 0. The van der Waals surface area contributed by atoms with Crippen LogP contribution in [-0.4, -0.2) is 0 Å². The largest absolute Gasteiger partial charge is 0.0958 e. The Morgan fingerprint density at radius 1 is 0.933 bits per heavy atom. The van der Waals surface area contributed by atoms with Gasteiger partial charge in [0.2, 0.25) is 0 Å². The van der Waals surface area contributed by atoms with E-state index in [1.165, 1.54) is 0 Å². The van der Waals surface area contributed by atoms with Crippen LogP contribution in [0.2, 0.25) is 0 Å². The third-order valence-electron chi connectivity index (χ3n) is 2.08. The van der Waals surface area contributed by atoms with E-state index in [2.05, 4.69) is 19.7 Å². The molecule has 0 aliphatic rings. The zero-order valence-corrected chi connectivity index (χ0v) is 10.0. The van der Waals surface area contributed by atoms with Crippen LogP contribution in [0.15, 0.2) is 72.4 Å². The second kappa shape index (κ2) is 6.83. The van der Waals surface area contributed by atoms with Gasteiger partial charge in [-0.15, -0.1) is 0 Å². The highest BCUT2D eigenvalue weighted by Crippen LogP contribution is 2.14. The van der Waals surface area contributed by atoms with Gasteiger partial charge in [-0.2, -0.15) is 0 Å². The Labute approximate surface area is 93.7 Å². The Hall–Kier alpha value is -1.56. The average Bonchev–Trinajstić information content (AvgIpc) is 2.17. The molecule has 0 N–H and O–H groups in total. The van der Waals surface area contributed by atoms with Crippen molar-refractivity contribution in [1.82, 2.24) is 0 Å². The lowest BCUT2D eigenvalue weighted by atomic mass is 10.0. The fourth-order valence-corrected chi connectivity index (χ4v) is 0.867. The quantitative estimate of drug-likeness (QED) is 0.562. The van der Waals surface area contributed by atoms with Gasteiger partial charge in [0.15, 0.2) is 0 Å². The van der Waals surface area contributed by atoms with Crippen molar-refractivity contribution in [2.45, 2.75) is 20.8 Å².